The predicted octanol–water partition coefficient (Wildman–Crippen LogP) is 3.12. The second-order valence-electron chi connectivity index (χ2n) is 7.75. The number of nitro benzene ring substituents is 1. The van der Waals surface area contributed by atoms with Gasteiger partial charge in [0.25, 0.3) is 5.69 Å². The minimum Gasteiger partial charge on any atom is -0.300 e. The van der Waals surface area contributed by atoms with Crippen LogP contribution < -0.4 is 15.0 Å². The van der Waals surface area contributed by atoms with E-state index >= 15 is 0 Å². The molecule has 0 bridgehead atoms. The Labute approximate surface area is 192 Å². The molecule has 1 aliphatic rings. The minimum atomic E-state index is -4.20. The zero-order valence-corrected chi connectivity index (χ0v) is 19.0. The van der Waals surface area contributed by atoms with Crippen molar-refractivity contribution in [1.82, 2.24) is 15.0 Å². The van der Waals surface area contributed by atoms with Gasteiger partial charge in [0.1, 0.15) is 11.8 Å². The fraction of sp³-hybridized carbons (Fsp3) is 0.304. The predicted molar refractivity (Wildman–Crippen MR) is 126 cm³/mol. The number of ketones is 1. The first kappa shape index (κ1) is 24.3. The van der Waals surface area contributed by atoms with E-state index in [4.69, 9.17) is 0 Å². The van der Waals surface area contributed by atoms with Gasteiger partial charge in [0.15, 0.2) is 16.8 Å². The van der Waals surface area contributed by atoms with Gasteiger partial charge in [-0.3, -0.25) is 10.1 Å². The number of nitro groups is 1. The molecule has 0 fully saturated rings. The summed E-state index contributed by atoms with van der Waals surface area (Å²) in [7, 11) is -4.20. The van der Waals surface area contributed by atoms with Crippen LogP contribution in [0.5, 0.6) is 0 Å². The number of nitrogens with one attached hydrogen (secondary N) is 2. The normalized spacial score (nSPS) is 14.2. The number of unbranched alkanes of at least 4 members (excludes halogenated alkanes) is 2. The standard InChI is InChI=1S/C23H26N4O5S/c1-17(28)10-4-2-7-13-19(23-24-16-20(25-23)18-11-5-3-6-12-18)26-33(31,32)22-15-9-8-14-21(22)27(29)30/h3,5-6,8-9,11-12,14-16,19,25-26H,2,4,7,10,13H2,1H3/q+1/t19-/m0/s1. The molecule has 0 amide bonds. The van der Waals surface area contributed by atoms with Crippen LogP contribution in [-0.4, -0.2) is 31.0 Å². The Morgan fingerprint density at radius 2 is 1.79 bits per heavy atom. The fourth-order valence-electron chi connectivity index (χ4n) is 3.51. The SMILES string of the molecule is CC(=O)CCCCC[C@H](NS(=O)(=O)c1ccccc1[N+](=O)[O-])C1=[N+]C=C(c2ccccc2)N1. The second-order valence-corrected chi connectivity index (χ2v) is 9.43. The average molecular weight is 471 g/mol. The third kappa shape index (κ3) is 6.56. The third-order valence-electron chi connectivity index (χ3n) is 5.18. The van der Waals surface area contributed by atoms with Gasteiger partial charge < -0.3 is 4.79 Å². The van der Waals surface area contributed by atoms with E-state index in [1.54, 1.807) is 6.20 Å². The summed E-state index contributed by atoms with van der Waals surface area (Å²) in [4.78, 5) is 25.8. The van der Waals surface area contributed by atoms with E-state index in [9.17, 15) is 23.3 Å². The highest BCUT2D eigenvalue weighted by atomic mass is 32.2. The number of aliphatic imine (C=N–C) groups is 1. The molecule has 0 saturated carbocycles. The molecule has 0 aliphatic carbocycles. The number of Topliss-reactive ketones (excluding diaryl/α,β-unsaturated/α-hetero) is 1. The van der Waals surface area contributed by atoms with Crippen LogP contribution in [0.25, 0.3) is 5.70 Å². The maximum Gasteiger partial charge on any atom is 0.314 e. The van der Waals surface area contributed by atoms with Gasteiger partial charge in [-0.05, 0) is 30.8 Å². The van der Waals surface area contributed by atoms with Crippen LogP contribution in [-0.2, 0) is 14.8 Å². The largest absolute Gasteiger partial charge is 0.314 e. The molecule has 2 aromatic rings. The van der Waals surface area contributed by atoms with E-state index in [1.807, 2.05) is 30.3 Å². The van der Waals surface area contributed by atoms with Gasteiger partial charge in [-0.2, -0.15) is 4.72 Å². The van der Waals surface area contributed by atoms with Crippen LogP contribution in [0.15, 0.2) is 65.7 Å². The van der Waals surface area contributed by atoms with Crippen molar-refractivity contribution in [2.75, 3.05) is 0 Å². The summed E-state index contributed by atoms with van der Waals surface area (Å²) in [5.41, 5.74) is 1.14. The first-order valence-corrected chi connectivity index (χ1v) is 12.1. The number of amidine groups is 1. The molecule has 2 N–H and O–H groups in total. The van der Waals surface area contributed by atoms with E-state index in [0.717, 1.165) is 23.7 Å². The number of hydrogen-bond acceptors (Lipinski definition) is 7. The lowest BCUT2D eigenvalue weighted by Gasteiger charge is -2.16. The summed E-state index contributed by atoms with van der Waals surface area (Å²) < 4.78 is 28.8. The molecule has 1 atom stereocenters. The molecule has 0 aromatic heterocycles. The quantitative estimate of drug-likeness (QED) is 0.278. The number of benzene rings is 2. The number of rotatable bonds is 12. The molecule has 173 valence electrons. The van der Waals surface area contributed by atoms with Crippen molar-refractivity contribution in [3.63, 3.8) is 0 Å². The highest BCUT2D eigenvalue weighted by Gasteiger charge is 2.35. The first-order valence-electron chi connectivity index (χ1n) is 10.6. The summed E-state index contributed by atoms with van der Waals surface area (Å²) in [6.45, 7) is 1.54. The first-order chi connectivity index (χ1) is 15.8. The van der Waals surface area contributed by atoms with E-state index in [-0.39, 0.29) is 5.78 Å². The molecule has 0 spiro atoms. The number of para-hydroxylation sites is 1. The van der Waals surface area contributed by atoms with E-state index in [1.165, 1.54) is 25.1 Å². The Balaban J connectivity index is 1.78. The summed E-state index contributed by atoms with van der Waals surface area (Å²) in [6, 6.07) is 14.0. The van der Waals surface area contributed by atoms with Crippen LogP contribution in [0.1, 0.15) is 44.6 Å². The van der Waals surface area contributed by atoms with Crippen LogP contribution in [0.2, 0.25) is 0 Å². The maximum absolute atomic E-state index is 13.1. The van der Waals surface area contributed by atoms with E-state index < -0.39 is 31.6 Å². The van der Waals surface area contributed by atoms with E-state index in [0.29, 0.717) is 31.5 Å². The Morgan fingerprint density at radius 3 is 2.48 bits per heavy atom. The van der Waals surface area contributed by atoms with Gasteiger partial charge in [-0.25, -0.2) is 13.7 Å². The molecule has 10 heteroatoms. The van der Waals surface area contributed by atoms with Crippen molar-refractivity contribution < 1.29 is 18.1 Å². The van der Waals surface area contributed by atoms with Gasteiger partial charge in [-0.15, -0.1) is 0 Å². The van der Waals surface area contributed by atoms with E-state index in [2.05, 4.69) is 15.0 Å². The second kappa shape index (κ2) is 11.0. The van der Waals surface area contributed by atoms with Crippen LogP contribution in [0.4, 0.5) is 5.69 Å². The third-order valence-corrected chi connectivity index (χ3v) is 6.70. The Kier molecular flexibility index (Phi) is 8.07. The zero-order valence-electron chi connectivity index (χ0n) is 18.2. The molecule has 2 aromatic carbocycles. The highest BCUT2D eigenvalue weighted by Crippen LogP contribution is 2.24. The monoisotopic (exact) mass is 470 g/mol. The zero-order chi connectivity index (χ0) is 23.8. The van der Waals surface area contributed by atoms with Gasteiger partial charge in [0, 0.05) is 18.1 Å². The molecule has 33 heavy (non-hydrogen) atoms. The van der Waals surface area contributed by atoms with Crippen molar-refractivity contribution in [2.24, 2.45) is 0 Å². The van der Waals surface area contributed by atoms with Crippen molar-refractivity contribution in [3.05, 3.63) is 76.5 Å². The molecule has 1 radical (unpaired) electrons. The van der Waals surface area contributed by atoms with Gasteiger partial charge >= 0.3 is 5.84 Å². The topological polar surface area (TPSA) is 133 Å². The van der Waals surface area contributed by atoms with Crippen molar-refractivity contribution in [1.29, 1.82) is 0 Å². The number of carbonyl (C=O) groups is 1. The van der Waals surface area contributed by atoms with Crippen molar-refractivity contribution >= 4 is 33.0 Å². The van der Waals surface area contributed by atoms with Gasteiger partial charge in [0.05, 0.1) is 4.92 Å². The molecular weight excluding hydrogens is 444 g/mol. The molecular formula is C23H26N4O5S+. The Morgan fingerprint density at radius 1 is 1.09 bits per heavy atom. The molecule has 0 unspecified atom stereocenters. The van der Waals surface area contributed by atoms with Gasteiger partial charge in [0.2, 0.25) is 10.0 Å². The van der Waals surface area contributed by atoms with Gasteiger partial charge in [-0.1, -0.05) is 55.3 Å². The molecule has 1 aliphatic heterocycles. The lowest BCUT2D eigenvalue weighted by atomic mass is 10.1. The van der Waals surface area contributed by atoms with Crippen LogP contribution >= 0.6 is 0 Å². The Bertz CT molecular complexity index is 1180. The smallest absolute Gasteiger partial charge is 0.300 e. The number of carbonyl (C=O) groups excluding carboxylic acids is 1. The number of nitrogens with zero attached hydrogens (tertiary/aromatic N) is 2. The summed E-state index contributed by atoms with van der Waals surface area (Å²) in [5, 5.41) is 14.5. The number of hydrogen-bond donors (Lipinski definition) is 2. The lowest BCUT2D eigenvalue weighted by Crippen LogP contribution is -2.46. The summed E-state index contributed by atoms with van der Waals surface area (Å²) in [5.74, 6) is 0.532. The minimum absolute atomic E-state index is 0.113. The summed E-state index contributed by atoms with van der Waals surface area (Å²) in [6.07, 6.45) is 4.64. The molecule has 3 rings (SSSR count). The average Bonchev–Trinajstić information content (AvgIpc) is 3.29. The fourth-order valence-corrected chi connectivity index (χ4v) is 4.92. The van der Waals surface area contributed by atoms with Crippen LogP contribution in [0, 0.1) is 10.1 Å². The summed E-state index contributed by atoms with van der Waals surface area (Å²) >= 11 is 0. The molecule has 1 heterocycles. The van der Waals surface area contributed by atoms with Crippen molar-refractivity contribution in [2.45, 2.75) is 50.0 Å². The number of sulfonamides is 1. The lowest BCUT2D eigenvalue weighted by molar-refractivity contribution is -0.387. The highest BCUT2D eigenvalue weighted by molar-refractivity contribution is 7.89. The van der Waals surface area contributed by atoms with Crippen molar-refractivity contribution in [3.8, 4) is 0 Å². The molecule has 9 nitrogen and oxygen atoms in total. The molecule has 0 saturated heterocycles. The van der Waals surface area contributed by atoms with Crippen LogP contribution in [0.3, 0.4) is 0 Å². The maximum atomic E-state index is 13.1. The Hall–Kier alpha value is -3.37.